The number of benzene rings is 1. The molecule has 104 valence electrons. The summed E-state index contributed by atoms with van der Waals surface area (Å²) in [5.41, 5.74) is 1.96. The fourth-order valence-corrected chi connectivity index (χ4v) is 3.17. The van der Waals surface area contributed by atoms with E-state index in [0.29, 0.717) is 18.5 Å². The number of hydrogen-bond donors (Lipinski definition) is 1. The summed E-state index contributed by atoms with van der Waals surface area (Å²) in [6, 6.07) is 7.78. The van der Waals surface area contributed by atoms with Crippen LogP contribution in [0.15, 0.2) is 34.9 Å². The standard InChI is InChI=1S/C15H15BrN2O2/c1-10-9-11(16)3-4-12(10)18-8-5-13(17-18)15(14(19)20)6-2-7-15/h3-5,8-9H,2,6-7H2,1H3,(H,19,20). The number of rotatable bonds is 3. The molecule has 5 heteroatoms. The molecule has 0 atom stereocenters. The van der Waals surface area contributed by atoms with Gasteiger partial charge in [0.05, 0.1) is 11.4 Å². The van der Waals surface area contributed by atoms with E-state index in [-0.39, 0.29) is 0 Å². The summed E-state index contributed by atoms with van der Waals surface area (Å²) in [6.45, 7) is 2.01. The quantitative estimate of drug-likeness (QED) is 0.935. The molecular weight excluding hydrogens is 320 g/mol. The van der Waals surface area contributed by atoms with Gasteiger partial charge in [-0.3, -0.25) is 4.79 Å². The van der Waals surface area contributed by atoms with Crippen LogP contribution in [0.1, 0.15) is 30.5 Å². The molecule has 0 spiro atoms. The van der Waals surface area contributed by atoms with E-state index >= 15 is 0 Å². The van der Waals surface area contributed by atoms with Crippen LogP contribution in [0.4, 0.5) is 0 Å². The topological polar surface area (TPSA) is 55.1 Å². The monoisotopic (exact) mass is 334 g/mol. The van der Waals surface area contributed by atoms with Gasteiger partial charge < -0.3 is 5.11 Å². The lowest BCUT2D eigenvalue weighted by Crippen LogP contribution is -2.42. The lowest BCUT2D eigenvalue weighted by Gasteiger charge is -2.35. The molecule has 0 aliphatic heterocycles. The van der Waals surface area contributed by atoms with Crippen LogP contribution in [-0.4, -0.2) is 20.9 Å². The van der Waals surface area contributed by atoms with Crippen molar-refractivity contribution in [1.82, 2.24) is 9.78 Å². The molecule has 1 aliphatic rings. The molecule has 0 saturated heterocycles. The molecule has 1 saturated carbocycles. The van der Waals surface area contributed by atoms with Crippen molar-refractivity contribution >= 4 is 21.9 Å². The molecule has 1 aromatic carbocycles. The van der Waals surface area contributed by atoms with Crippen LogP contribution in [0.3, 0.4) is 0 Å². The summed E-state index contributed by atoms with van der Waals surface area (Å²) in [5.74, 6) is -0.762. The minimum Gasteiger partial charge on any atom is -0.481 e. The van der Waals surface area contributed by atoms with Crippen molar-refractivity contribution in [2.45, 2.75) is 31.6 Å². The molecule has 2 aromatic rings. The first kappa shape index (κ1) is 13.4. The van der Waals surface area contributed by atoms with Crippen LogP contribution in [0, 0.1) is 6.92 Å². The van der Waals surface area contributed by atoms with Crippen molar-refractivity contribution in [1.29, 1.82) is 0 Å². The number of aryl methyl sites for hydroxylation is 1. The van der Waals surface area contributed by atoms with E-state index in [1.54, 1.807) is 4.68 Å². The smallest absolute Gasteiger partial charge is 0.315 e. The number of halogens is 1. The molecule has 1 fully saturated rings. The lowest BCUT2D eigenvalue weighted by atomic mass is 9.67. The second-order valence-corrected chi connectivity index (χ2v) is 6.23. The Morgan fingerprint density at radius 2 is 2.15 bits per heavy atom. The molecule has 0 bridgehead atoms. The molecule has 3 rings (SSSR count). The minimum atomic E-state index is -0.769. The molecule has 1 aliphatic carbocycles. The predicted molar refractivity (Wildman–Crippen MR) is 79.2 cm³/mol. The van der Waals surface area contributed by atoms with Crippen molar-refractivity contribution in [3.05, 3.63) is 46.2 Å². The largest absolute Gasteiger partial charge is 0.481 e. The average molecular weight is 335 g/mol. The first-order chi connectivity index (χ1) is 9.53. The Morgan fingerprint density at radius 3 is 2.70 bits per heavy atom. The highest BCUT2D eigenvalue weighted by atomic mass is 79.9. The van der Waals surface area contributed by atoms with Crippen LogP contribution in [0.5, 0.6) is 0 Å². The van der Waals surface area contributed by atoms with E-state index in [4.69, 9.17) is 0 Å². The second-order valence-electron chi connectivity index (χ2n) is 5.32. The number of aliphatic carboxylic acids is 1. The van der Waals surface area contributed by atoms with Gasteiger partial charge in [-0.15, -0.1) is 0 Å². The van der Waals surface area contributed by atoms with Gasteiger partial charge in [-0.2, -0.15) is 5.10 Å². The number of hydrogen-bond acceptors (Lipinski definition) is 2. The van der Waals surface area contributed by atoms with Gasteiger partial charge in [0.25, 0.3) is 0 Å². The zero-order chi connectivity index (χ0) is 14.3. The SMILES string of the molecule is Cc1cc(Br)ccc1-n1ccc(C2(C(=O)O)CCC2)n1. The number of carboxylic acids is 1. The molecule has 0 amide bonds. The first-order valence-electron chi connectivity index (χ1n) is 6.59. The molecule has 4 nitrogen and oxygen atoms in total. The van der Waals surface area contributed by atoms with Gasteiger partial charge in [0, 0.05) is 10.7 Å². The summed E-state index contributed by atoms with van der Waals surface area (Å²) in [5, 5.41) is 14.0. The van der Waals surface area contributed by atoms with Gasteiger partial charge in [0.2, 0.25) is 0 Å². The van der Waals surface area contributed by atoms with Crippen molar-refractivity contribution in [2.24, 2.45) is 0 Å². The normalized spacial score (nSPS) is 16.7. The predicted octanol–water partition coefficient (Wildman–Crippen LogP) is 3.45. The Bertz CT molecular complexity index is 674. The number of carboxylic acid groups (broad SMARTS) is 1. The van der Waals surface area contributed by atoms with Crippen LogP contribution in [0.25, 0.3) is 5.69 Å². The van der Waals surface area contributed by atoms with Crippen molar-refractivity contribution in [3.63, 3.8) is 0 Å². The van der Waals surface area contributed by atoms with Gasteiger partial charge in [0.1, 0.15) is 5.41 Å². The zero-order valence-corrected chi connectivity index (χ0v) is 12.7. The summed E-state index contributed by atoms with van der Waals surface area (Å²) in [7, 11) is 0. The molecule has 0 unspecified atom stereocenters. The zero-order valence-electron chi connectivity index (χ0n) is 11.1. The van der Waals surface area contributed by atoms with Crippen LogP contribution >= 0.6 is 15.9 Å². The van der Waals surface area contributed by atoms with Crippen molar-refractivity contribution in [3.8, 4) is 5.69 Å². The van der Waals surface area contributed by atoms with Crippen LogP contribution < -0.4 is 0 Å². The van der Waals surface area contributed by atoms with E-state index in [1.165, 1.54) is 0 Å². The van der Waals surface area contributed by atoms with E-state index < -0.39 is 11.4 Å². The third kappa shape index (κ3) is 1.97. The Balaban J connectivity index is 2.00. The molecular formula is C15H15BrN2O2. The second kappa shape index (κ2) is 4.74. The maximum Gasteiger partial charge on any atom is 0.315 e. The highest BCUT2D eigenvalue weighted by Crippen LogP contribution is 2.43. The average Bonchev–Trinajstić information content (AvgIpc) is 2.76. The lowest BCUT2D eigenvalue weighted by molar-refractivity contribution is -0.147. The van der Waals surface area contributed by atoms with Gasteiger partial charge >= 0.3 is 5.97 Å². The van der Waals surface area contributed by atoms with Crippen LogP contribution in [-0.2, 0) is 10.2 Å². The van der Waals surface area contributed by atoms with Gasteiger partial charge in [-0.25, -0.2) is 4.68 Å². The van der Waals surface area contributed by atoms with Gasteiger partial charge in [-0.1, -0.05) is 22.4 Å². The van der Waals surface area contributed by atoms with Crippen LogP contribution in [0.2, 0.25) is 0 Å². The van der Waals surface area contributed by atoms with E-state index in [2.05, 4.69) is 21.0 Å². The number of aromatic nitrogens is 2. The fraction of sp³-hybridized carbons (Fsp3) is 0.333. The highest BCUT2D eigenvalue weighted by molar-refractivity contribution is 9.10. The molecule has 1 aromatic heterocycles. The Labute approximate surface area is 125 Å². The van der Waals surface area contributed by atoms with E-state index in [1.807, 2.05) is 37.4 Å². The maximum absolute atomic E-state index is 11.5. The fourth-order valence-electron chi connectivity index (χ4n) is 2.70. The van der Waals surface area contributed by atoms with Crippen molar-refractivity contribution in [2.75, 3.05) is 0 Å². The van der Waals surface area contributed by atoms with Gasteiger partial charge in [0.15, 0.2) is 0 Å². The summed E-state index contributed by atoms with van der Waals surface area (Å²) >= 11 is 3.44. The number of carbonyl (C=O) groups is 1. The number of nitrogens with zero attached hydrogens (tertiary/aromatic N) is 2. The highest BCUT2D eigenvalue weighted by Gasteiger charge is 2.47. The minimum absolute atomic E-state index is 0.665. The molecule has 1 N–H and O–H groups in total. The summed E-state index contributed by atoms with van der Waals surface area (Å²) in [6.07, 6.45) is 4.16. The summed E-state index contributed by atoms with van der Waals surface area (Å²) in [4.78, 5) is 11.5. The molecule has 0 radical (unpaired) electrons. The third-order valence-electron chi connectivity index (χ3n) is 4.10. The molecule has 1 heterocycles. The van der Waals surface area contributed by atoms with Crippen molar-refractivity contribution < 1.29 is 9.90 Å². The first-order valence-corrected chi connectivity index (χ1v) is 7.38. The van der Waals surface area contributed by atoms with E-state index in [9.17, 15) is 9.90 Å². The Kier molecular flexibility index (Phi) is 3.17. The van der Waals surface area contributed by atoms with Gasteiger partial charge in [-0.05, 0) is 49.6 Å². The third-order valence-corrected chi connectivity index (χ3v) is 4.59. The van der Waals surface area contributed by atoms with E-state index in [0.717, 1.165) is 22.1 Å². The Morgan fingerprint density at radius 1 is 1.40 bits per heavy atom. The maximum atomic E-state index is 11.5. The Hall–Kier alpha value is -1.62. The summed E-state index contributed by atoms with van der Waals surface area (Å²) < 4.78 is 2.78. The molecule has 20 heavy (non-hydrogen) atoms.